The summed E-state index contributed by atoms with van der Waals surface area (Å²) < 4.78 is 4.71. The van der Waals surface area contributed by atoms with Crippen LogP contribution < -0.4 is 0 Å². The molecule has 86 valence electrons. The summed E-state index contributed by atoms with van der Waals surface area (Å²) in [5, 5.41) is 8.82. The molecule has 0 aromatic carbocycles. The van der Waals surface area contributed by atoms with E-state index >= 15 is 0 Å². The van der Waals surface area contributed by atoms with Crippen LogP contribution in [0, 0.1) is 5.92 Å². The molecule has 0 spiro atoms. The maximum atomic E-state index is 11.3. The van der Waals surface area contributed by atoms with E-state index in [1.807, 2.05) is 6.92 Å². The number of carboxylic acids is 1. The van der Waals surface area contributed by atoms with Crippen LogP contribution in [-0.2, 0) is 14.3 Å². The summed E-state index contributed by atoms with van der Waals surface area (Å²) in [6, 6.07) is 0. The normalized spacial score (nSPS) is 11.8. The summed E-state index contributed by atoms with van der Waals surface area (Å²) in [4.78, 5) is 22.1. The van der Waals surface area contributed by atoms with Gasteiger partial charge in [0.2, 0.25) is 0 Å². The van der Waals surface area contributed by atoms with Crippen LogP contribution in [0.15, 0.2) is 12.7 Å². The van der Waals surface area contributed by atoms with Crippen molar-refractivity contribution in [3.8, 4) is 0 Å². The Morgan fingerprint density at radius 3 is 2.60 bits per heavy atom. The summed E-state index contributed by atoms with van der Waals surface area (Å²) >= 11 is 0. The quantitative estimate of drug-likeness (QED) is 0.290. The van der Waals surface area contributed by atoms with Crippen molar-refractivity contribution < 1.29 is 19.4 Å². The van der Waals surface area contributed by atoms with Crippen molar-refractivity contribution in [2.24, 2.45) is 5.92 Å². The smallest absolute Gasteiger partial charge is 0.320 e. The first-order chi connectivity index (χ1) is 7.13. The van der Waals surface area contributed by atoms with E-state index in [9.17, 15) is 9.59 Å². The van der Waals surface area contributed by atoms with Gasteiger partial charge in [-0.1, -0.05) is 38.8 Å². The molecule has 1 atom stereocenters. The molecule has 0 amide bonds. The Morgan fingerprint density at radius 1 is 1.47 bits per heavy atom. The van der Waals surface area contributed by atoms with Crippen molar-refractivity contribution in [2.75, 3.05) is 6.61 Å². The Morgan fingerprint density at radius 2 is 2.13 bits per heavy atom. The molecule has 0 saturated carbocycles. The number of unbranched alkanes of at least 4 members (excludes halogenated alkanes) is 2. The lowest BCUT2D eigenvalue weighted by atomic mass is 10.0. The minimum atomic E-state index is -1.11. The highest BCUT2D eigenvalue weighted by Crippen LogP contribution is 2.12. The standard InChI is InChI=1S/C11H18O4/c1-3-5-6-7-9(10(12)13)11(14)15-8-4-2/h4,9H,2-3,5-8H2,1H3,(H,12,13). The number of ether oxygens (including phenoxy) is 1. The Balaban J connectivity index is 4.07. The van der Waals surface area contributed by atoms with Crippen LogP contribution in [0.1, 0.15) is 32.6 Å². The molecule has 0 fully saturated rings. The summed E-state index contributed by atoms with van der Waals surface area (Å²) in [5.41, 5.74) is 0. The van der Waals surface area contributed by atoms with E-state index in [1.54, 1.807) is 0 Å². The molecular formula is C11H18O4. The summed E-state index contributed by atoms with van der Waals surface area (Å²) in [6.45, 7) is 5.47. The maximum Gasteiger partial charge on any atom is 0.320 e. The number of carbonyl (C=O) groups is 2. The molecular weight excluding hydrogens is 196 g/mol. The zero-order chi connectivity index (χ0) is 11.7. The first kappa shape index (κ1) is 13.7. The van der Waals surface area contributed by atoms with Crippen LogP contribution in [0.4, 0.5) is 0 Å². The van der Waals surface area contributed by atoms with Crippen molar-refractivity contribution in [2.45, 2.75) is 32.6 Å². The fourth-order valence-corrected chi connectivity index (χ4v) is 1.18. The topological polar surface area (TPSA) is 63.6 Å². The highest BCUT2D eigenvalue weighted by molar-refractivity contribution is 5.93. The molecule has 0 aromatic heterocycles. The Hall–Kier alpha value is -1.32. The molecule has 4 heteroatoms. The second-order valence-corrected chi connectivity index (χ2v) is 3.31. The minimum Gasteiger partial charge on any atom is -0.481 e. The van der Waals surface area contributed by atoms with Crippen LogP contribution >= 0.6 is 0 Å². The van der Waals surface area contributed by atoms with Gasteiger partial charge in [0.15, 0.2) is 5.92 Å². The van der Waals surface area contributed by atoms with E-state index in [0.717, 1.165) is 19.3 Å². The van der Waals surface area contributed by atoms with Crippen molar-refractivity contribution in [3.63, 3.8) is 0 Å². The highest BCUT2D eigenvalue weighted by Gasteiger charge is 2.26. The number of hydrogen-bond donors (Lipinski definition) is 1. The van der Waals surface area contributed by atoms with Gasteiger partial charge in [-0.3, -0.25) is 9.59 Å². The van der Waals surface area contributed by atoms with Gasteiger partial charge < -0.3 is 9.84 Å². The number of hydrogen-bond acceptors (Lipinski definition) is 3. The van der Waals surface area contributed by atoms with Crippen molar-refractivity contribution in [3.05, 3.63) is 12.7 Å². The van der Waals surface area contributed by atoms with E-state index in [4.69, 9.17) is 9.84 Å². The molecule has 1 N–H and O–H groups in total. The van der Waals surface area contributed by atoms with E-state index in [-0.39, 0.29) is 6.61 Å². The van der Waals surface area contributed by atoms with Crippen molar-refractivity contribution in [1.29, 1.82) is 0 Å². The van der Waals surface area contributed by atoms with Crippen molar-refractivity contribution in [1.82, 2.24) is 0 Å². The van der Waals surface area contributed by atoms with Crippen LogP contribution in [-0.4, -0.2) is 23.7 Å². The van der Waals surface area contributed by atoms with Gasteiger partial charge >= 0.3 is 11.9 Å². The Bertz CT molecular complexity index is 223. The van der Waals surface area contributed by atoms with E-state index in [1.165, 1.54) is 6.08 Å². The zero-order valence-corrected chi connectivity index (χ0v) is 9.07. The lowest BCUT2D eigenvalue weighted by Gasteiger charge is -2.10. The van der Waals surface area contributed by atoms with Crippen LogP contribution in [0.5, 0.6) is 0 Å². The summed E-state index contributed by atoms with van der Waals surface area (Å²) in [6.07, 6.45) is 4.42. The number of aliphatic carboxylic acids is 1. The van der Waals surface area contributed by atoms with E-state index in [2.05, 4.69) is 6.58 Å². The summed E-state index contributed by atoms with van der Waals surface area (Å²) in [5.74, 6) is -2.81. The molecule has 0 aliphatic heterocycles. The first-order valence-corrected chi connectivity index (χ1v) is 5.13. The molecule has 0 radical (unpaired) electrons. The zero-order valence-electron chi connectivity index (χ0n) is 9.07. The largest absolute Gasteiger partial charge is 0.481 e. The van der Waals surface area contributed by atoms with Gasteiger partial charge in [0, 0.05) is 0 Å². The van der Waals surface area contributed by atoms with E-state index in [0.29, 0.717) is 6.42 Å². The molecule has 0 aliphatic carbocycles. The monoisotopic (exact) mass is 214 g/mol. The van der Waals surface area contributed by atoms with Crippen LogP contribution in [0.25, 0.3) is 0 Å². The molecule has 0 bridgehead atoms. The highest BCUT2D eigenvalue weighted by atomic mass is 16.5. The maximum absolute atomic E-state index is 11.3. The third-order valence-corrected chi connectivity index (χ3v) is 2.02. The fourth-order valence-electron chi connectivity index (χ4n) is 1.18. The van der Waals surface area contributed by atoms with Crippen molar-refractivity contribution >= 4 is 11.9 Å². The minimum absolute atomic E-state index is 0.0659. The molecule has 0 aliphatic rings. The lowest BCUT2D eigenvalue weighted by molar-refractivity contribution is -0.158. The second-order valence-electron chi connectivity index (χ2n) is 3.31. The number of carbonyl (C=O) groups excluding carboxylic acids is 1. The number of carboxylic acid groups (broad SMARTS) is 1. The Kier molecular flexibility index (Phi) is 7.32. The average molecular weight is 214 g/mol. The molecule has 0 heterocycles. The lowest BCUT2D eigenvalue weighted by Crippen LogP contribution is -2.26. The van der Waals surface area contributed by atoms with Crippen LogP contribution in [0.2, 0.25) is 0 Å². The van der Waals surface area contributed by atoms with Gasteiger partial charge in [-0.05, 0) is 6.42 Å². The molecule has 0 aromatic rings. The molecule has 4 nitrogen and oxygen atoms in total. The molecule has 0 saturated heterocycles. The van der Waals surface area contributed by atoms with Gasteiger partial charge in [0.25, 0.3) is 0 Å². The first-order valence-electron chi connectivity index (χ1n) is 5.13. The van der Waals surface area contributed by atoms with Crippen LogP contribution in [0.3, 0.4) is 0 Å². The van der Waals surface area contributed by atoms with Gasteiger partial charge in [-0.2, -0.15) is 0 Å². The molecule has 1 unspecified atom stereocenters. The molecule has 15 heavy (non-hydrogen) atoms. The SMILES string of the molecule is C=CCOC(=O)C(CCCCC)C(=O)O. The predicted octanol–water partition coefficient (Wildman–Crippen LogP) is 2.00. The van der Waals surface area contributed by atoms with Gasteiger partial charge in [0.1, 0.15) is 6.61 Å². The number of rotatable bonds is 8. The third-order valence-electron chi connectivity index (χ3n) is 2.02. The third kappa shape index (κ3) is 5.88. The van der Waals surface area contributed by atoms with Gasteiger partial charge in [-0.15, -0.1) is 0 Å². The predicted molar refractivity (Wildman–Crippen MR) is 56.4 cm³/mol. The summed E-state index contributed by atoms with van der Waals surface area (Å²) in [7, 11) is 0. The fraction of sp³-hybridized carbons (Fsp3) is 0.636. The van der Waals surface area contributed by atoms with E-state index < -0.39 is 17.9 Å². The molecule has 0 rings (SSSR count). The number of esters is 1. The average Bonchev–Trinajstić information content (AvgIpc) is 2.20. The van der Waals surface area contributed by atoms with Gasteiger partial charge in [0.05, 0.1) is 0 Å². The van der Waals surface area contributed by atoms with Gasteiger partial charge in [-0.25, -0.2) is 0 Å². The Labute approximate surface area is 89.9 Å². The second kappa shape index (κ2) is 8.03.